The Hall–Kier alpha value is -0.370. The number of amides is 1. The second-order valence-electron chi connectivity index (χ2n) is 5.32. The third kappa shape index (κ3) is 8.60. The highest BCUT2D eigenvalue weighted by Crippen LogP contribution is 2.32. The van der Waals surface area contributed by atoms with Crippen molar-refractivity contribution < 1.29 is 9.53 Å². The van der Waals surface area contributed by atoms with Crippen molar-refractivity contribution in [2.75, 3.05) is 13.1 Å². The molecular weight excluding hydrogens is 420 g/mol. The maximum Gasteiger partial charge on any atom is 0.407 e. The van der Waals surface area contributed by atoms with E-state index < -0.39 is 11.7 Å². The second-order valence-corrected chi connectivity index (χ2v) is 8.63. The van der Waals surface area contributed by atoms with Crippen LogP contribution in [0.5, 0.6) is 0 Å². The minimum atomic E-state index is -0.460. The van der Waals surface area contributed by atoms with Gasteiger partial charge in [-0.15, -0.1) is 11.3 Å². The number of ether oxygens (including phenoxy) is 1. The molecule has 0 bridgehead atoms. The van der Waals surface area contributed by atoms with Crippen molar-refractivity contribution in [3.05, 3.63) is 31.4 Å². The number of halogens is 2. The molecule has 0 atom stereocenters. The predicted octanol–water partition coefficient (Wildman–Crippen LogP) is 4.44. The highest BCUT2D eigenvalue weighted by Gasteiger charge is 2.14. The topological polar surface area (TPSA) is 50.4 Å². The van der Waals surface area contributed by atoms with Crippen LogP contribution in [0.3, 0.4) is 0 Å². The monoisotopic (exact) mass is 438 g/mol. The van der Waals surface area contributed by atoms with Gasteiger partial charge in [0.05, 0.1) is 3.79 Å². The van der Waals surface area contributed by atoms with Crippen LogP contribution in [0, 0.1) is 0 Å². The SMILES string of the molecule is CC(C)(C)OC(=O)NC/C=C/CNCc1cc(Br)c(Br)s1. The first kappa shape index (κ1) is 18.7. The average Bonchev–Trinajstić information content (AvgIpc) is 2.65. The van der Waals surface area contributed by atoms with Crippen LogP contribution in [-0.2, 0) is 11.3 Å². The second kappa shape index (κ2) is 8.92. The lowest BCUT2D eigenvalue weighted by Crippen LogP contribution is -2.32. The summed E-state index contributed by atoms with van der Waals surface area (Å²) >= 11 is 8.64. The molecule has 0 aliphatic carbocycles. The van der Waals surface area contributed by atoms with Gasteiger partial charge >= 0.3 is 6.09 Å². The standard InChI is InChI=1S/C14H20Br2N2O2S/c1-14(2,3)20-13(19)18-7-5-4-6-17-9-10-8-11(15)12(16)21-10/h4-5,8,17H,6-7,9H2,1-3H3,(H,18,19)/b5-4+. The Morgan fingerprint density at radius 2 is 2.00 bits per heavy atom. The molecule has 0 spiro atoms. The molecule has 0 fully saturated rings. The molecule has 0 saturated heterocycles. The van der Waals surface area contributed by atoms with Crippen molar-refractivity contribution in [2.45, 2.75) is 32.9 Å². The van der Waals surface area contributed by atoms with E-state index in [2.05, 4.69) is 48.6 Å². The van der Waals surface area contributed by atoms with Gasteiger partial charge in [0.2, 0.25) is 0 Å². The number of nitrogens with one attached hydrogen (secondary N) is 2. The van der Waals surface area contributed by atoms with Crippen LogP contribution in [0.25, 0.3) is 0 Å². The Kier molecular flexibility index (Phi) is 7.94. The lowest BCUT2D eigenvalue weighted by Gasteiger charge is -2.19. The lowest BCUT2D eigenvalue weighted by atomic mass is 10.2. The molecule has 7 heteroatoms. The van der Waals surface area contributed by atoms with Gasteiger partial charge in [0.1, 0.15) is 5.60 Å². The van der Waals surface area contributed by atoms with Gasteiger partial charge < -0.3 is 15.4 Å². The fourth-order valence-corrected chi connectivity index (χ4v) is 3.53. The van der Waals surface area contributed by atoms with Crippen LogP contribution in [0.4, 0.5) is 4.79 Å². The Bertz CT molecular complexity index is 476. The van der Waals surface area contributed by atoms with Crippen molar-refractivity contribution >= 4 is 49.3 Å². The van der Waals surface area contributed by atoms with Gasteiger partial charge in [-0.2, -0.15) is 0 Å². The molecule has 0 radical (unpaired) electrons. The zero-order chi connectivity index (χ0) is 15.9. The minimum absolute atomic E-state index is 0.395. The summed E-state index contributed by atoms with van der Waals surface area (Å²) in [6.45, 7) is 7.56. The van der Waals surface area contributed by atoms with Crippen LogP contribution < -0.4 is 10.6 Å². The Labute approximate surface area is 146 Å². The number of hydrogen-bond acceptors (Lipinski definition) is 4. The van der Waals surface area contributed by atoms with Crippen molar-refractivity contribution in [3.63, 3.8) is 0 Å². The van der Waals surface area contributed by atoms with Gasteiger partial charge in [-0.05, 0) is 58.7 Å². The normalized spacial score (nSPS) is 11.9. The van der Waals surface area contributed by atoms with E-state index in [1.807, 2.05) is 32.9 Å². The molecule has 1 rings (SSSR count). The minimum Gasteiger partial charge on any atom is -0.444 e. The first-order valence-electron chi connectivity index (χ1n) is 6.54. The molecule has 0 aliphatic rings. The maximum atomic E-state index is 11.4. The number of alkyl carbamates (subject to hydrolysis) is 1. The summed E-state index contributed by atoms with van der Waals surface area (Å²) in [5.41, 5.74) is -0.460. The molecule has 4 nitrogen and oxygen atoms in total. The largest absolute Gasteiger partial charge is 0.444 e. The lowest BCUT2D eigenvalue weighted by molar-refractivity contribution is 0.0534. The van der Waals surface area contributed by atoms with Crippen molar-refractivity contribution in [3.8, 4) is 0 Å². The Morgan fingerprint density at radius 1 is 1.33 bits per heavy atom. The Balaban J connectivity index is 2.11. The summed E-state index contributed by atoms with van der Waals surface area (Å²) in [6.07, 6.45) is 3.49. The molecule has 0 unspecified atom stereocenters. The van der Waals surface area contributed by atoms with Gasteiger partial charge in [0, 0.05) is 29.0 Å². The summed E-state index contributed by atoms with van der Waals surface area (Å²) in [5.74, 6) is 0. The molecule has 21 heavy (non-hydrogen) atoms. The van der Waals surface area contributed by atoms with Crippen LogP contribution in [-0.4, -0.2) is 24.8 Å². The molecule has 1 heterocycles. The van der Waals surface area contributed by atoms with Gasteiger partial charge in [-0.1, -0.05) is 12.2 Å². The summed E-state index contributed by atoms with van der Waals surface area (Å²) in [7, 11) is 0. The van der Waals surface area contributed by atoms with Crippen LogP contribution >= 0.6 is 43.2 Å². The highest BCUT2D eigenvalue weighted by atomic mass is 79.9. The van der Waals surface area contributed by atoms with Crippen molar-refractivity contribution in [1.29, 1.82) is 0 Å². The van der Waals surface area contributed by atoms with Gasteiger partial charge in [-0.25, -0.2) is 4.79 Å². The van der Waals surface area contributed by atoms with E-state index >= 15 is 0 Å². The summed E-state index contributed by atoms with van der Waals surface area (Å²) in [5, 5.41) is 5.98. The molecule has 118 valence electrons. The van der Waals surface area contributed by atoms with Gasteiger partial charge in [-0.3, -0.25) is 0 Å². The first-order chi connectivity index (χ1) is 9.78. The van der Waals surface area contributed by atoms with E-state index in [0.29, 0.717) is 6.54 Å². The van der Waals surface area contributed by atoms with E-state index in [1.54, 1.807) is 11.3 Å². The van der Waals surface area contributed by atoms with E-state index in [0.717, 1.165) is 21.3 Å². The van der Waals surface area contributed by atoms with Crippen LogP contribution in [0.1, 0.15) is 25.6 Å². The van der Waals surface area contributed by atoms with Crippen LogP contribution in [0.15, 0.2) is 26.5 Å². The van der Waals surface area contributed by atoms with Gasteiger partial charge in [0.25, 0.3) is 0 Å². The molecule has 1 aromatic rings. The predicted molar refractivity (Wildman–Crippen MR) is 94.8 cm³/mol. The fraction of sp³-hybridized carbons (Fsp3) is 0.500. The van der Waals surface area contributed by atoms with E-state index in [4.69, 9.17) is 4.74 Å². The maximum absolute atomic E-state index is 11.4. The van der Waals surface area contributed by atoms with Crippen LogP contribution in [0.2, 0.25) is 0 Å². The summed E-state index contributed by atoms with van der Waals surface area (Å²) < 4.78 is 7.32. The molecule has 2 N–H and O–H groups in total. The zero-order valence-corrected chi connectivity index (χ0v) is 16.3. The Morgan fingerprint density at radius 3 is 2.57 bits per heavy atom. The third-order valence-corrected chi connectivity index (χ3v) is 5.44. The van der Waals surface area contributed by atoms with E-state index in [1.165, 1.54) is 4.88 Å². The molecule has 1 amide bonds. The fourth-order valence-electron chi connectivity index (χ4n) is 1.38. The van der Waals surface area contributed by atoms with E-state index in [9.17, 15) is 4.79 Å². The number of carbonyl (C=O) groups is 1. The van der Waals surface area contributed by atoms with Gasteiger partial charge in [0.15, 0.2) is 0 Å². The number of rotatable bonds is 6. The number of hydrogen-bond donors (Lipinski definition) is 2. The van der Waals surface area contributed by atoms with Crippen molar-refractivity contribution in [1.82, 2.24) is 10.6 Å². The number of carbonyl (C=O) groups excluding carboxylic acids is 1. The molecule has 0 saturated carbocycles. The molecule has 0 aliphatic heterocycles. The van der Waals surface area contributed by atoms with Crippen molar-refractivity contribution in [2.24, 2.45) is 0 Å². The smallest absolute Gasteiger partial charge is 0.407 e. The number of thiophene rings is 1. The molecular formula is C14H20Br2N2O2S. The molecule has 1 aromatic heterocycles. The summed E-state index contributed by atoms with van der Waals surface area (Å²) in [4.78, 5) is 12.6. The summed E-state index contributed by atoms with van der Waals surface area (Å²) in [6, 6.07) is 2.09. The zero-order valence-electron chi connectivity index (χ0n) is 12.3. The molecule has 0 aromatic carbocycles. The first-order valence-corrected chi connectivity index (χ1v) is 8.94. The highest BCUT2D eigenvalue weighted by molar-refractivity contribution is 9.13. The third-order valence-electron chi connectivity index (χ3n) is 2.19. The average molecular weight is 440 g/mol. The quantitative estimate of drug-likeness (QED) is 0.508. The van der Waals surface area contributed by atoms with E-state index in [-0.39, 0.29) is 0 Å².